The number of hydrogen-bond donors (Lipinski definition) is 1. The van der Waals surface area contributed by atoms with Gasteiger partial charge in [0.2, 0.25) is 5.91 Å². The number of furan rings is 1. The third-order valence-corrected chi connectivity index (χ3v) is 3.70. The lowest BCUT2D eigenvalue weighted by molar-refractivity contribution is -0.142. The van der Waals surface area contributed by atoms with Crippen molar-refractivity contribution in [2.75, 3.05) is 27.2 Å². The molecule has 1 amide bonds. The van der Waals surface area contributed by atoms with Gasteiger partial charge in [-0.2, -0.15) is 0 Å². The van der Waals surface area contributed by atoms with E-state index in [2.05, 4.69) is 0 Å². The number of aryl methyl sites for hydroxylation is 1. The largest absolute Gasteiger partial charge is 0.481 e. The fraction of sp³-hybridized carbons (Fsp3) is 0.600. The van der Waals surface area contributed by atoms with Crippen LogP contribution in [0.2, 0.25) is 0 Å². The molecule has 1 fully saturated rings. The third kappa shape index (κ3) is 4.07. The van der Waals surface area contributed by atoms with Crippen molar-refractivity contribution >= 4 is 11.9 Å². The van der Waals surface area contributed by atoms with Gasteiger partial charge in [-0.05, 0) is 39.6 Å². The molecule has 2 rings (SSSR count). The first kappa shape index (κ1) is 15.6. The van der Waals surface area contributed by atoms with Crippen molar-refractivity contribution < 1.29 is 19.1 Å². The lowest BCUT2D eigenvalue weighted by Crippen LogP contribution is -2.37. The van der Waals surface area contributed by atoms with E-state index in [9.17, 15) is 9.59 Å². The fourth-order valence-electron chi connectivity index (χ4n) is 2.32. The second-order valence-corrected chi connectivity index (χ2v) is 5.86. The Labute approximate surface area is 124 Å². The summed E-state index contributed by atoms with van der Waals surface area (Å²) in [6, 6.07) is 3.72. The zero-order valence-corrected chi connectivity index (χ0v) is 12.7. The van der Waals surface area contributed by atoms with Crippen LogP contribution < -0.4 is 0 Å². The minimum absolute atomic E-state index is 0.0849. The molecule has 2 unspecified atom stereocenters. The van der Waals surface area contributed by atoms with E-state index in [1.807, 2.05) is 38.1 Å². The van der Waals surface area contributed by atoms with Crippen LogP contribution in [0.15, 0.2) is 16.5 Å². The van der Waals surface area contributed by atoms with Gasteiger partial charge in [0.25, 0.3) is 0 Å². The Morgan fingerprint density at radius 3 is 2.48 bits per heavy atom. The molecule has 6 nitrogen and oxygen atoms in total. The van der Waals surface area contributed by atoms with Gasteiger partial charge < -0.3 is 19.3 Å². The number of carbonyl (C=O) groups is 2. The number of carboxylic acid groups (broad SMARTS) is 1. The van der Waals surface area contributed by atoms with E-state index >= 15 is 0 Å². The van der Waals surface area contributed by atoms with Gasteiger partial charge in [-0.25, -0.2) is 0 Å². The summed E-state index contributed by atoms with van der Waals surface area (Å²) in [4.78, 5) is 27.1. The van der Waals surface area contributed by atoms with Crippen molar-refractivity contribution in [3.63, 3.8) is 0 Å². The summed E-state index contributed by atoms with van der Waals surface area (Å²) >= 11 is 0. The van der Waals surface area contributed by atoms with Crippen LogP contribution in [0, 0.1) is 18.8 Å². The van der Waals surface area contributed by atoms with Crippen molar-refractivity contribution in [1.29, 1.82) is 0 Å². The molecule has 0 bridgehead atoms. The Hall–Kier alpha value is -1.82. The number of carbonyl (C=O) groups excluding carboxylic acids is 1. The zero-order chi connectivity index (χ0) is 15.6. The van der Waals surface area contributed by atoms with Gasteiger partial charge in [-0.1, -0.05) is 0 Å². The smallest absolute Gasteiger partial charge is 0.307 e. The lowest BCUT2D eigenvalue weighted by atomic mass is 10.2. The van der Waals surface area contributed by atoms with Gasteiger partial charge >= 0.3 is 5.97 Å². The van der Waals surface area contributed by atoms with E-state index < -0.39 is 11.9 Å². The number of aliphatic carboxylic acids is 1. The van der Waals surface area contributed by atoms with Crippen molar-refractivity contribution in [2.45, 2.75) is 19.9 Å². The topological polar surface area (TPSA) is 74.0 Å². The molecule has 0 aliphatic heterocycles. The van der Waals surface area contributed by atoms with Gasteiger partial charge in [-0.3, -0.25) is 9.59 Å². The van der Waals surface area contributed by atoms with Gasteiger partial charge in [0.1, 0.15) is 11.5 Å². The summed E-state index contributed by atoms with van der Waals surface area (Å²) in [5.74, 6) is -0.321. The standard InChI is InChI=1S/C15H22N2O4/c1-10-4-5-11(21-10)9-17(7-6-16(2)3)14(18)12-8-13(12)15(19)20/h4-5,12-13H,6-9H2,1-3H3,(H,19,20). The van der Waals surface area contributed by atoms with E-state index in [0.29, 0.717) is 19.5 Å². The van der Waals surface area contributed by atoms with Crippen molar-refractivity contribution in [3.05, 3.63) is 23.7 Å². The summed E-state index contributed by atoms with van der Waals surface area (Å²) in [5, 5.41) is 8.97. The van der Waals surface area contributed by atoms with Crippen LogP contribution in [-0.4, -0.2) is 54.0 Å². The van der Waals surface area contributed by atoms with Crippen LogP contribution in [-0.2, 0) is 16.1 Å². The summed E-state index contributed by atoms with van der Waals surface area (Å²) in [6.45, 7) is 3.55. The molecule has 21 heavy (non-hydrogen) atoms. The molecule has 1 N–H and O–H groups in total. The predicted octanol–water partition coefficient (Wildman–Crippen LogP) is 1.20. The summed E-state index contributed by atoms with van der Waals surface area (Å²) < 4.78 is 5.52. The third-order valence-electron chi connectivity index (χ3n) is 3.70. The van der Waals surface area contributed by atoms with Crippen molar-refractivity contribution in [1.82, 2.24) is 9.80 Å². The Balaban J connectivity index is 2.01. The maximum Gasteiger partial charge on any atom is 0.307 e. The molecule has 1 aliphatic carbocycles. The first-order valence-corrected chi connectivity index (χ1v) is 7.10. The Morgan fingerprint density at radius 2 is 2.00 bits per heavy atom. The Bertz CT molecular complexity index is 523. The first-order chi connectivity index (χ1) is 9.88. The molecule has 2 atom stereocenters. The maximum atomic E-state index is 12.4. The van der Waals surface area contributed by atoms with Crippen molar-refractivity contribution in [3.8, 4) is 0 Å². The second-order valence-electron chi connectivity index (χ2n) is 5.86. The van der Waals surface area contributed by atoms with E-state index in [1.54, 1.807) is 4.90 Å². The van der Waals surface area contributed by atoms with Gasteiger partial charge in [0, 0.05) is 13.1 Å². The summed E-state index contributed by atoms with van der Waals surface area (Å²) in [7, 11) is 3.88. The van der Waals surface area contributed by atoms with Crippen LogP contribution in [0.4, 0.5) is 0 Å². The van der Waals surface area contributed by atoms with Crippen LogP contribution in [0.3, 0.4) is 0 Å². The molecule has 1 aromatic rings. The highest BCUT2D eigenvalue weighted by molar-refractivity contribution is 5.89. The van der Waals surface area contributed by atoms with Gasteiger partial charge in [0.15, 0.2) is 0 Å². The highest BCUT2D eigenvalue weighted by atomic mass is 16.4. The fourth-order valence-corrected chi connectivity index (χ4v) is 2.32. The zero-order valence-electron chi connectivity index (χ0n) is 12.7. The van der Waals surface area contributed by atoms with Crippen LogP contribution in [0.5, 0.6) is 0 Å². The summed E-state index contributed by atoms with van der Waals surface area (Å²) in [5.41, 5.74) is 0. The number of likely N-dealkylation sites (N-methyl/N-ethyl adjacent to an activating group) is 1. The molecule has 6 heteroatoms. The van der Waals surface area contributed by atoms with Crippen molar-refractivity contribution in [2.24, 2.45) is 11.8 Å². The minimum atomic E-state index is -0.880. The molecule has 1 aromatic heterocycles. The first-order valence-electron chi connectivity index (χ1n) is 7.10. The van der Waals surface area contributed by atoms with E-state index in [0.717, 1.165) is 18.1 Å². The number of carboxylic acids is 1. The monoisotopic (exact) mass is 294 g/mol. The summed E-state index contributed by atoms with van der Waals surface area (Å²) in [6.07, 6.45) is 0.448. The quantitative estimate of drug-likeness (QED) is 0.818. The van der Waals surface area contributed by atoms with Crippen LogP contribution >= 0.6 is 0 Å². The Kier molecular flexibility index (Phi) is 4.67. The number of hydrogen-bond acceptors (Lipinski definition) is 4. The molecule has 1 heterocycles. The number of nitrogens with zero attached hydrogens (tertiary/aromatic N) is 2. The molecule has 1 aliphatic rings. The molecule has 0 spiro atoms. The van der Waals surface area contributed by atoms with E-state index in [1.165, 1.54) is 0 Å². The van der Waals surface area contributed by atoms with E-state index in [4.69, 9.17) is 9.52 Å². The molecule has 0 saturated heterocycles. The maximum absolute atomic E-state index is 12.4. The average molecular weight is 294 g/mol. The van der Waals surface area contributed by atoms with Gasteiger partial charge in [0.05, 0.1) is 18.4 Å². The van der Waals surface area contributed by atoms with Crippen LogP contribution in [0.25, 0.3) is 0 Å². The lowest BCUT2D eigenvalue weighted by Gasteiger charge is -2.23. The predicted molar refractivity (Wildman–Crippen MR) is 76.6 cm³/mol. The normalized spacial score (nSPS) is 20.6. The Morgan fingerprint density at radius 1 is 1.29 bits per heavy atom. The molecule has 116 valence electrons. The minimum Gasteiger partial charge on any atom is -0.481 e. The SMILES string of the molecule is Cc1ccc(CN(CCN(C)C)C(=O)C2CC2C(=O)O)o1. The molecule has 0 aromatic carbocycles. The number of amides is 1. The molecular weight excluding hydrogens is 272 g/mol. The molecular formula is C15H22N2O4. The molecule has 1 saturated carbocycles. The van der Waals surface area contributed by atoms with E-state index in [-0.39, 0.29) is 11.8 Å². The highest BCUT2D eigenvalue weighted by Gasteiger charge is 2.49. The second kappa shape index (κ2) is 6.30. The number of rotatable bonds is 7. The molecule has 0 radical (unpaired) electrons. The highest BCUT2D eigenvalue weighted by Crippen LogP contribution is 2.40. The average Bonchev–Trinajstić information content (AvgIpc) is 3.11. The van der Waals surface area contributed by atoms with Crippen LogP contribution in [0.1, 0.15) is 17.9 Å². The van der Waals surface area contributed by atoms with Gasteiger partial charge in [-0.15, -0.1) is 0 Å².